The second kappa shape index (κ2) is 10.3. The highest BCUT2D eigenvalue weighted by Crippen LogP contribution is 2.22. The number of rotatable bonds is 3. The topological polar surface area (TPSA) is 46.2 Å². The smallest absolute Gasteiger partial charge is 0.261 e. The first-order valence-electron chi connectivity index (χ1n) is 7.02. The standard InChI is InChI=1S/C12H13ClFNO2.2C2H6/c1-7(16)9-5-4-8(6-10(9)13)15-11(17)12(2,3)14;2*1-2/h4-6H,1-3H3,(H,15,17);2*1-2H3. The molecule has 0 unspecified atom stereocenters. The lowest BCUT2D eigenvalue weighted by Gasteiger charge is -2.14. The molecule has 0 saturated heterocycles. The minimum Gasteiger partial charge on any atom is -0.323 e. The van der Waals surface area contributed by atoms with Gasteiger partial charge in [0.1, 0.15) is 0 Å². The van der Waals surface area contributed by atoms with Crippen LogP contribution in [0.15, 0.2) is 18.2 Å². The van der Waals surface area contributed by atoms with Crippen molar-refractivity contribution < 1.29 is 14.0 Å². The summed E-state index contributed by atoms with van der Waals surface area (Å²) in [6.45, 7) is 11.7. The molecule has 120 valence electrons. The second-order valence-corrected chi connectivity index (χ2v) is 4.58. The molecule has 0 atom stereocenters. The van der Waals surface area contributed by atoms with E-state index in [1.54, 1.807) is 0 Å². The van der Waals surface area contributed by atoms with E-state index in [0.717, 1.165) is 13.8 Å². The van der Waals surface area contributed by atoms with Gasteiger partial charge >= 0.3 is 0 Å². The molecule has 0 aromatic heterocycles. The molecule has 0 spiro atoms. The number of anilines is 1. The Bertz CT molecular complexity index is 468. The number of halogens is 2. The molecule has 0 heterocycles. The zero-order valence-corrected chi connectivity index (χ0v) is 14.6. The van der Waals surface area contributed by atoms with E-state index in [2.05, 4.69) is 5.32 Å². The molecular formula is C16H25ClFNO2. The summed E-state index contributed by atoms with van der Waals surface area (Å²) in [5, 5.41) is 2.61. The number of carbonyl (C=O) groups is 2. The van der Waals surface area contributed by atoms with Crippen LogP contribution in [-0.4, -0.2) is 17.4 Å². The fourth-order valence-electron chi connectivity index (χ4n) is 1.16. The number of amides is 1. The Morgan fingerprint density at radius 1 is 1.14 bits per heavy atom. The second-order valence-electron chi connectivity index (χ2n) is 4.18. The van der Waals surface area contributed by atoms with Gasteiger partial charge in [-0.15, -0.1) is 0 Å². The summed E-state index contributed by atoms with van der Waals surface area (Å²) in [7, 11) is 0. The molecule has 3 nitrogen and oxygen atoms in total. The van der Waals surface area contributed by atoms with Crippen LogP contribution in [0, 0.1) is 0 Å². The maximum atomic E-state index is 13.3. The van der Waals surface area contributed by atoms with Crippen molar-refractivity contribution >= 4 is 29.0 Å². The summed E-state index contributed by atoms with van der Waals surface area (Å²) >= 11 is 5.86. The molecule has 1 amide bonds. The van der Waals surface area contributed by atoms with Gasteiger partial charge in [-0.25, -0.2) is 4.39 Å². The fraction of sp³-hybridized carbons (Fsp3) is 0.500. The van der Waals surface area contributed by atoms with E-state index >= 15 is 0 Å². The number of Topliss-reactive ketones (excluding diaryl/α,β-unsaturated/α-hetero) is 1. The lowest BCUT2D eigenvalue weighted by molar-refractivity contribution is -0.125. The van der Waals surface area contributed by atoms with E-state index < -0.39 is 11.6 Å². The van der Waals surface area contributed by atoms with E-state index in [1.165, 1.54) is 25.1 Å². The minimum atomic E-state index is -1.97. The Labute approximate surface area is 131 Å². The molecule has 0 bridgehead atoms. The van der Waals surface area contributed by atoms with Gasteiger partial charge in [0.2, 0.25) is 0 Å². The van der Waals surface area contributed by atoms with Gasteiger partial charge in [0, 0.05) is 11.3 Å². The van der Waals surface area contributed by atoms with E-state index in [4.69, 9.17) is 11.6 Å². The maximum absolute atomic E-state index is 13.3. The molecule has 0 aliphatic rings. The SMILES string of the molecule is CC.CC.CC(=O)c1ccc(NC(=O)C(C)(C)F)cc1Cl. The quantitative estimate of drug-likeness (QED) is 0.771. The van der Waals surface area contributed by atoms with Crippen LogP contribution in [0.4, 0.5) is 10.1 Å². The fourth-order valence-corrected chi connectivity index (χ4v) is 1.47. The molecule has 0 aliphatic carbocycles. The molecule has 0 aliphatic heterocycles. The zero-order valence-electron chi connectivity index (χ0n) is 13.8. The third kappa shape index (κ3) is 7.81. The minimum absolute atomic E-state index is 0.168. The van der Waals surface area contributed by atoms with Gasteiger partial charge in [0.15, 0.2) is 11.5 Å². The average Bonchev–Trinajstić information content (AvgIpc) is 2.42. The average molecular weight is 318 g/mol. The lowest BCUT2D eigenvalue weighted by atomic mass is 10.1. The van der Waals surface area contributed by atoms with Crippen LogP contribution in [0.3, 0.4) is 0 Å². The first-order chi connectivity index (χ1) is 9.71. The van der Waals surface area contributed by atoms with Crippen molar-refractivity contribution in [2.75, 3.05) is 5.32 Å². The van der Waals surface area contributed by atoms with Gasteiger partial charge in [-0.05, 0) is 39.0 Å². The van der Waals surface area contributed by atoms with Crippen molar-refractivity contribution in [2.24, 2.45) is 0 Å². The lowest BCUT2D eigenvalue weighted by Crippen LogP contribution is -2.32. The molecule has 1 rings (SSSR count). The van der Waals surface area contributed by atoms with Crippen molar-refractivity contribution in [1.29, 1.82) is 0 Å². The predicted octanol–water partition coefficient (Wildman–Crippen LogP) is 5.28. The van der Waals surface area contributed by atoms with Gasteiger partial charge < -0.3 is 5.32 Å². The number of benzene rings is 1. The first-order valence-corrected chi connectivity index (χ1v) is 7.40. The summed E-state index contributed by atoms with van der Waals surface area (Å²) < 4.78 is 13.3. The third-order valence-corrected chi connectivity index (χ3v) is 2.46. The highest BCUT2D eigenvalue weighted by atomic mass is 35.5. The van der Waals surface area contributed by atoms with Gasteiger partial charge in [-0.3, -0.25) is 9.59 Å². The van der Waals surface area contributed by atoms with Gasteiger partial charge in [-0.2, -0.15) is 0 Å². The van der Waals surface area contributed by atoms with Crippen LogP contribution >= 0.6 is 11.6 Å². The van der Waals surface area contributed by atoms with Gasteiger partial charge in [-0.1, -0.05) is 39.3 Å². The molecule has 21 heavy (non-hydrogen) atoms. The molecule has 0 saturated carbocycles. The summed E-state index contributed by atoms with van der Waals surface area (Å²) in [4.78, 5) is 22.5. The van der Waals surface area contributed by atoms with Crippen molar-refractivity contribution in [3.05, 3.63) is 28.8 Å². The summed E-state index contributed by atoms with van der Waals surface area (Å²) in [6, 6.07) is 4.42. The van der Waals surface area contributed by atoms with E-state index in [0.29, 0.717) is 11.3 Å². The molecule has 1 N–H and O–H groups in total. The molecule has 1 aromatic carbocycles. The maximum Gasteiger partial charge on any atom is 0.261 e. The van der Waals surface area contributed by atoms with Gasteiger partial charge in [0.25, 0.3) is 5.91 Å². The Balaban J connectivity index is 0. The van der Waals surface area contributed by atoms with Crippen LogP contribution in [0.25, 0.3) is 0 Å². The van der Waals surface area contributed by atoms with Crippen LogP contribution in [0.5, 0.6) is 0 Å². The normalized spacial score (nSPS) is 9.57. The Kier molecular flexibility index (Phi) is 10.8. The summed E-state index contributed by atoms with van der Waals surface area (Å²) in [5.41, 5.74) is -1.24. The van der Waals surface area contributed by atoms with Crippen LogP contribution in [0.2, 0.25) is 5.02 Å². The molecule has 1 aromatic rings. The number of alkyl halides is 1. The van der Waals surface area contributed by atoms with Crippen molar-refractivity contribution in [3.63, 3.8) is 0 Å². The van der Waals surface area contributed by atoms with Crippen molar-refractivity contribution in [1.82, 2.24) is 0 Å². The predicted molar refractivity (Wildman–Crippen MR) is 88.0 cm³/mol. The molecular weight excluding hydrogens is 293 g/mol. The van der Waals surface area contributed by atoms with Crippen molar-refractivity contribution in [2.45, 2.75) is 54.1 Å². The molecule has 5 heteroatoms. The Morgan fingerprint density at radius 3 is 1.95 bits per heavy atom. The monoisotopic (exact) mass is 317 g/mol. The zero-order chi connectivity index (χ0) is 17.2. The first kappa shape index (κ1) is 21.9. The van der Waals surface area contributed by atoms with Crippen LogP contribution < -0.4 is 5.32 Å². The number of hydrogen-bond acceptors (Lipinski definition) is 2. The number of carbonyl (C=O) groups excluding carboxylic acids is 2. The van der Waals surface area contributed by atoms with E-state index in [1.807, 2.05) is 27.7 Å². The van der Waals surface area contributed by atoms with E-state index in [9.17, 15) is 14.0 Å². The largest absolute Gasteiger partial charge is 0.323 e. The molecule has 0 fully saturated rings. The van der Waals surface area contributed by atoms with Crippen LogP contribution in [0.1, 0.15) is 58.8 Å². The number of ketones is 1. The highest BCUT2D eigenvalue weighted by Gasteiger charge is 2.26. The number of nitrogens with one attached hydrogen (secondary N) is 1. The third-order valence-electron chi connectivity index (χ3n) is 2.15. The van der Waals surface area contributed by atoms with Crippen LogP contribution in [-0.2, 0) is 4.79 Å². The Hall–Kier alpha value is -1.42. The summed E-state index contributed by atoms with van der Waals surface area (Å²) in [5.74, 6) is -0.928. The summed E-state index contributed by atoms with van der Waals surface area (Å²) in [6.07, 6.45) is 0. The van der Waals surface area contributed by atoms with Crippen molar-refractivity contribution in [3.8, 4) is 0 Å². The van der Waals surface area contributed by atoms with Gasteiger partial charge in [0.05, 0.1) is 5.02 Å². The molecule has 0 radical (unpaired) electrons. The van der Waals surface area contributed by atoms with E-state index in [-0.39, 0.29) is 10.8 Å². The highest BCUT2D eigenvalue weighted by molar-refractivity contribution is 6.34. The number of hydrogen-bond donors (Lipinski definition) is 1. The Morgan fingerprint density at radius 2 is 1.62 bits per heavy atom.